The highest BCUT2D eigenvalue weighted by molar-refractivity contribution is 5.80. The SMILES string of the molecule is CC(C)c1ccc2cnc(-c3ccccc3)nc2c1. The summed E-state index contributed by atoms with van der Waals surface area (Å²) in [6, 6.07) is 16.5. The lowest BCUT2D eigenvalue weighted by molar-refractivity contribution is 0.868. The van der Waals surface area contributed by atoms with E-state index in [0.717, 1.165) is 22.3 Å². The van der Waals surface area contributed by atoms with E-state index in [0.29, 0.717) is 5.92 Å². The Labute approximate surface area is 113 Å². The van der Waals surface area contributed by atoms with Gasteiger partial charge in [-0.2, -0.15) is 0 Å². The second-order valence-corrected chi connectivity index (χ2v) is 5.03. The second-order valence-electron chi connectivity index (χ2n) is 5.03. The number of aromatic nitrogens is 2. The Bertz CT molecular complexity index is 703. The van der Waals surface area contributed by atoms with Crippen molar-refractivity contribution in [1.29, 1.82) is 0 Å². The van der Waals surface area contributed by atoms with Crippen molar-refractivity contribution in [3.05, 3.63) is 60.3 Å². The third-order valence-electron chi connectivity index (χ3n) is 3.31. The van der Waals surface area contributed by atoms with Crippen LogP contribution in [0.4, 0.5) is 0 Å². The quantitative estimate of drug-likeness (QED) is 0.671. The number of hydrogen-bond acceptors (Lipinski definition) is 2. The average molecular weight is 248 g/mol. The van der Waals surface area contributed by atoms with Gasteiger partial charge >= 0.3 is 0 Å². The summed E-state index contributed by atoms with van der Waals surface area (Å²) in [5, 5.41) is 1.09. The monoisotopic (exact) mass is 248 g/mol. The molecule has 3 rings (SSSR count). The van der Waals surface area contributed by atoms with Crippen LogP contribution < -0.4 is 0 Å². The van der Waals surface area contributed by atoms with Crippen molar-refractivity contribution in [2.75, 3.05) is 0 Å². The molecular formula is C17H16N2. The first-order chi connectivity index (χ1) is 9.24. The van der Waals surface area contributed by atoms with Gasteiger partial charge in [0.25, 0.3) is 0 Å². The van der Waals surface area contributed by atoms with Gasteiger partial charge in [-0.05, 0) is 17.5 Å². The summed E-state index contributed by atoms with van der Waals surface area (Å²) in [4.78, 5) is 9.12. The molecule has 2 nitrogen and oxygen atoms in total. The van der Waals surface area contributed by atoms with Gasteiger partial charge in [0.05, 0.1) is 5.52 Å². The minimum atomic E-state index is 0.513. The number of rotatable bonds is 2. The fourth-order valence-electron chi connectivity index (χ4n) is 2.13. The van der Waals surface area contributed by atoms with Crippen molar-refractivity contribution in [2.24, 2.45) is 0 Å². The molecule has 1 aromatic heterocycles. The minimum Gasteiger partial charge on any atom is -0.236 e. The Hall–Kier alpha value is -2.22. The Morgan fingerprint density at radius 3 is 2.47 bits per heavy atom. The van der Waals surface area contributed by atoms with Gasteiger partial charge in [-0.3, -0.25) is 0 Å². The van der Waals surface area contributed by atoms with Crippen molar-refractivity contribution in [3.63, 3.8) is 0 Å². The molecule has 0 aliphatic carbocycles. The largest absolute Gasteiger partial charge is 0.236 e. The molecule has 0 fully saturated rings. The summed E-state index contributed by atoms with van der Waals surface area (Å²) >= 11 is 0. The highest BCUT2D eigenvalue weighted by atomic mass is 14.9. The number of nitrogens with zero attached hydrogens (tertiary/aromatic N) is 2. The molecule has 0 saturated carbocycles. The first kappa shape index (κ1) is 11.8. The molecule has 0 aliphatic rings. The molecule has 0 atom stereocenters. The first-order valence-electron chi connectivity index (χ1n) is 6.56. The Balaban J connectivity index is 2.14. The van der Waals surface area contributed by atoms with Crippen molar-refractivity contribution < 1.29 is 0 Å². The van der Waals surface area contributed by atoms with Crippen LogP contribution >= 0.6 is 0 Å². The molecule has 2 heteroatoms. The summed E-state index contributed by atoms with van der Waals surface area (Å²) < 4.78 is 0. The van der Waals surface area contributed by atoms with Gasteiger partial charge in [0.2, 0.25) is 0 Å². The summed E-state index contributed by atoms with van der Waals surface area (Å²) in [6.45, 7) is 4.39. The highest BCUT2D eigenvalue weighted by Gasteiger charge is 2.05. The molecular weight excluding hydrogens is 232 g/mol. The summed E-state index contributed by atoms with van der Waals surface area (Å²) in [7, 11) is 0. The summed E-state index contributed by atoms with van der Waals surface area (Å²) in [5.41, 5.74) is 3.38. The lowest BCUT2D eigenvalue weighted by Crippen LogP contribution is -1.92. The first-order valence-corrected chi connectivity index (χ1v) is 6.56. The molecule has 3 aromatic rings. The van der Waals surface area contributed by atoms with Gasteiger partial charge in [-0.1, -0.05) is 56.3 Å². The van der Waals surface area contributed by atoms with E-state index < -0.39 is 0 Å². The normalized spacial score (nSPS) is 11.1. The minimum absolute atomic E-state index is 0.513. The maximum Gasteiger partial charge on any atom is 0.159 e. The predicted octanol–water partition coefficient (Wildman–Crippen LogP) is 4.42. The van der Waals surface area contributed by atoms with Crippen LogP contribution in [0.15, 0.2) is 54.7 Å². The maximum atomic E-state index is 4.68. The third-order valence-corrected chi connectivity index (χ3v) is 3.31. The van der Waals surface area contributed by atoms with Crippen molar-refractivity contribution in [2.45, 2.75) is 19.8 Å². The van der Waals surface area contributed by atoms with Gasteiger partial charge < -0.3 is 0 Å². The van der Waals surface area contributed by atoms with Crippen molar-refractivity contribution >= 4 is 10.9 Å². The van der Waals surface area contributed by atoms with Crippen LogP contribution in [0.3, 0.4) is 0 Å². The molecule has 0 aliphatic heterocycles. The molecule has 2 aromatic carbocycles. The molecule has 0 saturated heterocycles. The Morgan fingerprint density at radius 1 is 0.947 bits per heavy atom. The molecule has 0 spiro atoms. The zero-order chi connectivity index (χ0) is 13.2. The van der Waals surface area contributed by atoms with E-state index >= 15 is 0 Å². The fourth-order valence-corrected chi connectivity index (χ4v) is 2.13. The summed E-state index contributed by atoms with van der Waals surface area (Å²) in [6.07, 6.45) is 1.90. The van der Waals surface area contributed by atoms with E-state index in [4.69, 9.17) is 0 Å². The zero-order valence-corrected chi connectivity index (χ0v) is 11.2. The number of benzene rings is 2. The predicted molar refractivity (Wildman–Crippen MR) is 79.1 cm³/mol. The van der Waals surface area contributed by atoms with Crippen LogP contribution in [-0.2, 0) is 0 Å². The van der Waals surface area contributed by atoms with Gasteiger partial charge in [0, 0.05) is 17.1 Å². The third kappa shape index (κ3) is 2.34. The Kier molecular flexibility index (Phi) is 3.00. The highest BCUT2D eigenvalue weighted by Crippen LogP contribution is 2.22. The van der Waals surface area contributed by atoms with Gasteiger partial charge in [-0.15, -0.1) is 0 Å². The average Bonchev–Trinajstić information content (AvgIpc) is 2.47. The number of hydrogen-bond donors (Lipinski definition) is 0. The summed E-state index contributed by atoms with van der Waals surface area (Å²) in [5.74, 6) is 1.30. The van der Waals surface area contributed by atoms with Gasteiger partial charge in [0.1, 0.15) is 0 Å². The molecule has 0 bridgehead atoms. The smallest absolute Gasteiger partial charge is 0.159 e. The molecule has 0 N–H and O–H groups in total. The molecule has 1 heterocycles. The van der Waals surface area contributed by atoms with Gasteiger partial charge in [-0.25, -0.2) is 9.97 Å². The van der Waals surface area contributed by atoms with Gasteiger partial charge in [0.15, 0.2) is 5.82 Å². The second kappa shape index (κ2) is 4.81. The standard InChI is InChI=1S/C17H16N2/c1-12(2)14-8-9-15-11-18-17(19-16(15)10-14)13-6-4-3-5-7-13/h3-12H,1-2H3. The van der Waals surface area contributed by atoms with E-state index in [1.54, 1.807) is 0 Å². The van der Waals surface area contributed by atoms with Crippen LogP contribution in [-0.4, -0.2) is 9.97 Å². The van der Waals surface area contributed by atoms with Crippen LogP contribution in [0.1, 0.15) is 25.3 Å². The zero-order valence-electron chi connectivity index (χ0n) is 11.2. The fraction of sp³-hybridized carbons (Fsp3) is 0.176. The molecule has 94 valence electrons. The van der Waals surface area contributed by atoms with Crippen LogP contribution in [0.5, 0.6) is 0 Å². The van der Waals surface area contributed by atoms with Crippen molar-refractivity contribution in [3.8, 4) is 11.4 Å². The van der Waals surface area contributed by atoms with E-state index in [2.05, 4.69) is 42.0 Å². The molecule has 0 unspecified atom stereocenters. The molecule has 0 radical (unpaired) electrons. The van der Waals surface area contributed by atoms with E-state index in [1.807, 2.05) is 36.5 Å². The van der Waals surface area contributed by atoms with Crippen LogP contribution in [0, 0.1) is 0 Å². The molecule has 0 amide bonds. The van der Waals surface area contributed by atoms with Crippen molar-refractivity contribution in [1.82, 2.24) is 9.97 Å². The van der Waals surface area contributed by atoms with E-state index in [1.165, 1.54) is 5.56 Å². The van der Waals surface area contributed by atoms with Crippen LogP contribution in [0.2, 0.25) is 0 Å². The van der Waals surface area contributed by atoms with Crippen LogP contribution in [0.25, 0.3) is 22.3 Å². The number of fused-ring (bicyclic) bond motifs is 1. The molecule has 19 heavy (non-hydrogen) atoms. The maximum absolute atomic E-state index is 4.68. The van der Waals surface area contributed by atoms with E-state index in [9.17, 15) is 0 Å². The lowest BCUT2D eigenvalue weighted by Gasteiger charge is -2.07. The lowest BCUT2D eigenvalue weighted by atomic mass is 10.0. The topological polar surface area (TPSA) is 25.8 Å². The Morgan fingerprint density at radius 2 is 1.74 bits per heavy atom. The van der Waals surface area contributed by atoms with E-state index in [-0.39, 0.29) is 0 Å².